The first-order valence-electron chi connectivity index (χ1n) is 7.82. The van der Waals surface area contributed by atoms with Gasteiger partial charge < -0.3 is 15.2 Å². The average Bonchev–Trinajstić information content (AvgIpc) is 3.02. The first-order valence-corrected chi connectivity index (χ1v) is 7.82. The van der Waals surface area contributed by atoms with E-state index in [1.165, 1.54) is 0 Å². The number of nitrogens with one attached hydrogen (secondary N) is 1. The first kappa shape index (κ1) is 16.3. The molecule has 5 heteroatoms. The highest BCUT2D eigenvalue weighted by atomic mass is 16.5. The Labute approximate surface area is 130 Å². The lowest BCUT2D eigenvalue weighted by Crippen LogP contribution is -2.29. The van der Waals surface area contributed by atoms with Gasteiger partial charge in [0.25, 0.3) is 0 Å². The van der Waals surface area contributed by atoms with E-state index >= 15 is 0 Å². The van der Waals surface area contributed by atoms with Crippen LogP contribution in [0.4, 0.5) is 0 Å². The maximum Gasteiger partial charge on any atom is 0.306 e. The monoisotopic (exact) mass is 305 g/mol. The van der Waals surface area contributed by atoms with E-state index in [1.54, 1.807) is 0 Å². The van der Waals surface area contributed by atoms with E-state index in [-0.39, 0.29) is 17.7 Å². The van der Waals surface area contributed by atoms with Gasteiger partial charge in [0, 0.05) is 12.5 Å². The minimum atomic E-state index is -0.794. The molecule has 120 valence electrons. The van der Waals surface area contributed by atoms with Crippen molar-refractivity contribution in [3.63, 3.8) is 0 Å². The number of carboxylic acid groups (broad SMARTS) is 1. The third-order valence-electron chi connectivity index (χ3n) is 4.02. The highest BCUT2D eigenvalue weighted by Gasteiger charge is 2.33. The number of rotatable bonds is 7. The van der Waals surface area contributed by atoms with E-state index in [0.717, 1.165) is 17.7 Å². The molecule has 0 saturated heterocycles. The molecule has 1 aliphatic rings. The fraction of sp³-hybridized carbons (Fsp3) is 0.529. The number of hydrogen-bond donors (Lipinski definition) is 2. The van der Waals surface area contributed by atoms with Crippen LogP contribution >= 0.6 is 0 Å². The van der Waals surface area contributed by atoms with Crippen LogP contribution in [0.1, 0.15) is 38.2 Å². The molecule has 1 saturated carbocycles. The Hall–Kier alpha value is -2.04. The number of aliphatic carboxylic acids is 1. The first-order chi connectivity index (χ1) is 10.6. The summed E-state index contributed by atoms with van der Waals surface area (Å²) >= 11 is 0. The molecule has 22 heavy (non-hydrogen) atoms. The van der Waals surface area contributed by atoms with Gasteiger partial charge in [-0.2, -0.15) is 0 Å². The molecule has 0 bridgehead atoms. The summed E-state index contributed by atoms with van der Waals surface area (Å²) < 4.78 is 5.51. The normalized spacial score (nSPS) is 20.6. The minimum Gasteiger partial charge on any atom is -0.494 e. The molecule has 0 heterocycles. The van der Waals surface area contributed by atoms with Crippen molar-refractivity contribution in [3.05, 3.63) is 29.8 Å². The van der Waals surface area contributed by atoms with Crippen molar-refractivity contribution in [2.75, 3.05) is 6.61 Å². The van der Waals surface area contributed by atoms with Gasteiger partial charge in [-0.3, -0.25) is 9.59 Å². The van der Waals surface area contributed by atoms with Gasteiger partial charge in [-0.25, -0.2) is 0 Å². The number of carbonyl (C=O) groups is 2. The van der Waals surface area contributed by atoms with E-state index in [0.29, 0.717) is 32.4 Å². The summed E-state index contributed by atoms with van der Waals surface area (Å²) in [5.41, 5.74) is 1.00. The van der Waals surface area contributed by atoms with E-state index in [1.807, 2.05) is 24.3 Å². The fourth-order valence-electron chi connectivity index (χ4n) is 2.70. The van der Waals surface area contributed by atoms with E-state index in [2.05, 4.69) is 12.2 Å². The van der Waals surface area contributed by atoms with Crippen molar-refractivity contribution in [1.82, 2.24) is 5.32 Å². The van der Waals surface area contributed by atoms with Crippen molar-refractivity contribution in [2.24, 2.45) is 11.8 Å². The highest BCUT2D eigenvalue weighted by Crippen LogP contribution is 2.31. The van der Waals surface area contributed by atoms with Gasteiger partial charge in [0.15, 0.2) is 0 Å². The summed E-state index contributed by atoms with van der Waals surface area (Å²) in [7, 11) is 0. The van der Waals surface area contributed by atoms with Gasteiger partial charge in [0.05, 0.1) is 12.5 Å². The number of carbonyl (C=O) groups excluding carboxylic acids is 1. The standard InChI is InChI=1S/C17H23NO4/c1-2-9-22-15-7-3-12(4-8-15)11-18-16(19)13-5-6-14(10-13)17(20)21/h3-4,7-8,13-14H,2,5-6,9-11H2,1H3,(H,18,19)(H,20,21)/t13-,14+/m1/s1. The molecule has 0 radical (unpaired) electrons. The lowest BCUT2D eigenvalue weighted by Gasteiger charge is -2.11. The zero-order valence-corrected chi connectivity index (χ0v) is 12.9. The quantitative estimate of drug-likeness (QED) is 0.812. The topological polar surface area (TPSA) is 75.6 Å². The van der Waals surface area contributed by atoms with E-state index < -0.39 is 5.97 Å². The van der Waals surface area contributed by atoms with Crippen LogP contribution in [0.5, 0.6) is 5.75 Å². The molecular weight excluding hydrogens is 282 g/mol. The molecule has 2 atom stereocenters. The Balaban J connectivity index is 1.78. The summed E-state index contributed by atoms with van der Waals surface area (Å²) in [4.78, 5) is 23.0. The Bertz CT molecular complexity index is 512. The molecule has 1 aromatic carbocycles. The summed E-state index contributed by atoms with van der Waals surface area (Å²) in [6.45, 7) is 3.21. The second kappa shape index (κ2) is 7.82. The molecule has 2 N–H and O–H groups in total. The van der Waals surface area contributed by atoms with Crippen molar-refractivity contribution in [1.29, 1.82) is 0 Å². The van der Waals surface area contributed by atoms with Crippen LogP contribution in [0.15, 0.2) is 24.3 Å². The second-order valence-electron chi connectivity index (χ2n) is 5.76. The molecule has 1 amide bonds. The fourth-order valence-corrected chi connectivity index (χ4v) is 2.70. The van der Waals surface area contributed by atoms with Crippen LogP contribution in [0.3, 0.4) is 0 Å². The smallest absolute Gasteiger partial charge is 0.306 e. The highest BCUT2D eigenvalue weighted by molar-refractivity contribution is 5.80. The zero-order valence-electron chi connectivity index (χ0n) is 12.9. The van der Waals surface area contributed by atoms with Gasteiger partial charge in [0.2, 0.25) is 5.91 Å². The Morgan fingerprint density at radius 2 is 1.91 bits per heavy atom. The van der Waals surface area contributed by atoms with Crippen molar-refractivity contribution in [3.8, 4) is 5.75 Å². The maximum absolute atomic E-state index is 12.1. The summed E-state index contributed by atoms with van der Waals surface area (Å²) in [6.07, 6.45) is 2.67. The molecule has 2 rings (SSSR count). The Kier molecular flexibility index (Phi) is 5.81. The van der Waals surface area contributed by atoms with Gasteiger partial charge in [-0.15, -0.1) is 0 Å². The largest absolute Gasteiger partial charge is 0.494 e. The molecular formula is C17H23NO4. The van der Waals surface area contributed by atoms with Crippen LogP contribution in [0.2, 0.25) is 0 Å². The number of carboxylic acids is 1. The molecule has 1 aromatic rings. The number of ether oxygens (including phenoxy) is 1. The van der Waals surface area contributed by atoms with Crippen molar-refractivity contribution < 1.29 is 19.4 Å². The lowest BCUT2D eigenvalue weighted by atomic mass is 10.0. The molecule has 0 aromatic heterocycles. The summed E-state index contributed by atoms with van der Waals surface area (Å²) in [6, 6.07) is 7.65. The summed E-state index contributed by atoms with van der Waals surface area (Å²) in [5.74, 6) is -0.552. The minimum absolute atomic E-state index is 0.0462. The number of hydrogen-bond acceptors (Lipinski definition) is 3. The molecule has 1 aliphatic carbocycles. The van der Waals surface area contributed by atoms with Crippen molar-refractivity contribution in [2.45, 2.75) is 39.2 Å². The molecule has 0 spiro atoms. The van der Waals surface area contributed by atoms with E-state index in [4.69, 9.17) is 9.84 Å². The number of amides is 1. The van der Waals surface area contributed by atoms with Crippen LogP contribution in [0, 0.1) is 11.8 Å². The molecule has 1 fully saturated rings. The van der Waals surface area contributed by atoms with Gasteiger partial charge in [-0.1, -0.05) is 19.1 Å². The van der Waals surface area contributed by atoms with Gasteiger partial charge >= 0.3 is 5.97 Å². The molecule has 0 aliphatic heterocycles. The van der Waals surface area contributed by atoms with Crippen molar-refractivity contribution >= 4 is 11.9 Å². The van der Waals surface area contributed by atoms with Gasteiger partial charge in [0.1, 0.15) is 5.75 Å². The zero-order chi connectivity index (χ0) is 15.9. The Morgan fingerprint density at radius 1 is 1.23 bits per heavy atom. The van der Waals surface area contributed by atoms with Gasteiger partial charge in [-0.05, 0) is 43.4 Å². The lowest BCUT2D eigenvalue weighted by molar-refractivity contribution is -0.141. The SMILES string of the molecule is CCCOc1ccc(CNC(=O)[C@@H]2CC[C@H](C(=O)O)C2)cc1. The van der Waals surface area contributed by atoms with Crippen LogP contribution in [-0.4, -0.2) is 23.6 Å². The number of benzene rings is 1. The predicted molar refractivity (Wildman–Crippen MR) is 82.5 cm³/mol. The second-order valence-corrected chi connectivity index (χ2v) is 5.76. The summed E-state index contributed by atoms with van der Waals surface area (Å²) in [5, 5.41) is 11.9. The average molecular weight is 305 g/mol. The van der Waals surface area contributed by atoms with Crippen LogP contribution < -0.4 is 10.1 Å². The predicted octanol–water partition coefficient (Wildman–Crippen LogP) is 2.59. The third-order valence-corrected chi connectivity index (χ3v) is 4.02. The van der Waals surface area contributed by atoms with Crippen LogP contribution in [-0.2, 0) is 16.1 Å². The maximum atomic E-state index is 12.1. The van der Waals surface area contributed by atoms with E-state index in [9.17, 15) is 9.59 Å². The Morgan fingerprint density at radius 3 is 2.50 bits per heavy atom. The third kappa shape index (κ3) is 4.48. The molecule has 0 unspecified atom stereocenters. The molecule has 5 nitrogen and oxygen atoms in total. The van der Waals surface area contributed by atoms with Crippen LogP contribution in [0.25, 0.3) is 0 Å².